The molecule has 0 bridgehead atoms. The van der Waals surface area contributed by atoms with Crippen molar-refractivity contribution in [1.82, 2.24) is 34.9 Å². The second-order valence-electron chi connectivity index (χ2n) is 34.0. The maximum Gasteiger partial charge on any atom is 0.164 e. The molecule has 12 aromatic heterocycles. The van der Waals surface area contributed by atoms with Gasteiger partial charge >= 0.3 is 0 Å². The second-order valence-corrected chi connectivity index (χ2v) is 39.4. The quantitative estimate of drug-likeness (QED) is 0.136. The Morgan fingerprint density at radius 1 is 0.126 bits per heavy atom. The molecule has 0 atom stereocenters. The smallest absolute Gasteiger partial charge is 0.164 e. The van der Waals surface area contributed by atoms with E-state index >= 15 is 0 Å². The van der Waals surface area contributed by atoms with Gasteiger partial charge in [0, 0.05) is 194 Å². The number of furan rings is 4. The lowest BCUT2D eigenvalue weighted by atomic mass is 10.0. The molecule has 0 unspecified atom stereocenters. The number of rotatable bonds is 9. The Morgan fingerprint density at radius 2 is 0.333 bits per heavy atom. The van der Waals surface area contributed by atoms with Gasteiger partial charge in [0.15, 0.2) is 29.1 Å². The zero-order chi connectivity index (χ0) is 88.5. The van der Waals surface area contributed by atoms with Crippen molar-refractivity contribution in [1.29, 1.82) is 0 Å². The van der Waals surface area contributed by atoms with Crippen LogP contribution in [-0.2, 0) is 0 Å². The third-order valence-electron chi connectivity index (χ3n) is 26.0. The summed E-state index contributed by atoms with van der Waals surface area (Å²) in [6.07, 6.45) is 0. The summed E-state index contributed by atoms with van der Waals surface area (Å²) in [4.78, 5) is 35.9. The molecule has 0 aliphatic carbocycles. The summed E-state index contributed by atoms with van der Waals surface area (Å²) in [6, 6.07) is 138. The van der Waals surface area contributed by atoms with Crippen LogP contribution in [0.15, 0.2) is 412 Å². The molecule has 0 spiro atoms. The van der Waals surface area contributed by atoms with Crippen LogP contribution >= 0.6 is 56.7 Å². The van der Waals surface area contributed by atoms with Crippen LogP contribution in [0.2, 0.25) is 0 Å². The van der Waals surface area contributed by atoms with E-state index in [1.54, 1.807) is 11.3 Å². The highest BCUT2D eigenvalue weighted by molar-refractivity contribution is 7.27. The van der Waals surface area contributed by atoms with Gasteiger partial charge in [0.25, 0.3) is 0 Å². The van der Waals surface area contributed by atoms with Crippen molar-refractivity contribution in [3.05, 3.63) is 394 Å². The molecule has 0 amide bonds. The Hall–Kier alpha value is -16.6. The predicted octanol–water partition coefficient (Wildman–Crippen LogP) is 35.3. The molecule has 0 N–H and O–H groups in total. The summed E-state index contributed by atoms with van der Waals surface area (Å²) in [5.74, 6) is 3.23. The first-order valence-electron chi connectivity index (χ1n) is 44.5. The summed E-state index contributed by atoms with van der Waals surface area (Å²) in [6.45, 7) is 0. The molecule has 30 aromatic rings. The van der Waals surface area contributed by atoms with Crippen LogP contribution in [-0.4, -0.2) is 34.9 Å². The third-order valence-corrected chi connectivity index (χ3v) is 31.7. The van der Waals surface area contributed by atoms with E-state index in [0.717, 1.165) is 161 Å². The van der Waals surface area contributed by atoms with Gasteiger partial charge in [0.1, 0.15) is 44.7 Å². The Kier molecular flexibility index (Phi) is 17.8. The fourth-order valence-corrected chi connectivity index (χ4v) is 25.0. The second kappa shape index (κ2) is 31.0. The Morgan fingerprint density at radius 3 is 0.726 bits per heavy atom. The lowest BCUT2D eigenvalue weighted by Gasteiger charge is -2.10. The molecule has 0 saturated carbocycles. The van der Waals surface area contributed by atoms with Gasteiger partial charge in [-0.1, -0.05) is 224 Å². The molecule has 0 aliphatic heterocycles. The maximum atomic E-state index is 6.26. The van der Waals surface area contributed by atoms with Gasteiger partial charge in [0.2, 0.25) is 0 Å². The highest BCUT2D eigenvalue weighted by atomic mass is 32.1. The minimum absolute atomic E-state index is 0.589. The first-order chi connectivity index (χ1) is 66.7. The molecule has 30 rings (SSSR count). The SMILES string of the molecule is c1ccc2c(c1)oc1cc(-c3cc(-c4ccc5c(c4)sc4ccccc45)nc(-c4ccc5sc6ccccc6c5c4)n3)ccc12.c1ccc2c(c1)oc1cc(-c3cc(-c4ccc5sc6ccccc6c5c4)nc(-c4ccc5c(c4)sc4ccccc45)n3)ccc12.c1ccc2c(c1)oc1cc(-c3nc(-c4ccc5c(c4)sc4ccccc45)nc(-c4ccc5oc6ccccc6c5c4)n3)ccc12. The number of nitrogens with zero attached hydrogens (tertiary/aromatic N) is 7. The molecule has 0 fully saturated rings. The molecule has 18 aromatic carbocycles. The molecule has 0 saturated heterocycles. The molecule has 135 heavy (non-hydrogen) atoms. The first kappa shape index (κ1) is 77.2. The Labute approximate surface area is 787 Å². The van der Waals surface area contributed by atoms with E-state index in [9.17, 15) is 0 Å². The van der Waals surface area contributed by atoms with Crippen molar-refractivity contribution < 1.29 is 17.7 Å². The van der Waals surface area contributed by atoms with Crippen LogP contribution in [0.3, 0.4) is 0 Å². The van der Waals surface area contributed by atoms with E-state index in [0.29, 0.717) is 29.1 Å². The lowest BCUT2D eigenvalue weighted by Crippen LogP contribution is -2.00. The van der Waals surface area contributed by atoms with Crippen LogP contribution in [0.1, 0.15) is 0 Å². The van der Waals surface area contributed by atoms with E-state index in [-0.39, 0.29) is 0 Å². The standard InChI is InChI=1S/2C40H22N2OS2.C39H21N3O2S/c1-4-10-34-26(7-1)27-16-13-24(20-35(27)43-34)33-22-32(23-15-18-38-31(19-23)29-9-3-6-12-37(29)44-38)41-40(42-33)25-14-17-30-28-8-2-5-11-36(28)45-39(30)21-25;1-4-10-34-26(7-1)27-16-13-23(20-35(27)43-34)32-22-33(24-14-17-30-28-8-2-5-11-36(28)45-39(30)21-24)42-40(41-32)25-15-18-38-31(19-25)29-9-3-6-12-37(29)44-38;1-4-10-31-25(7-1)27-16-13-23(20-34(27)44-31)38-40-37(22-15-18-33-30(19-22)26-8-2-5-11-32(26)43-33)41-39(42-38)24-14-17-29-28-9-3-6-12-35(28)45-36(29)21-24/h2*1-22H;1-21H. The number of aromatic nitrogens is 7. The Bertz CT molecular complexity index is 8880. The van der Waals surface area contributed by atoms with Crippen LogP contribution < -0.4 is 0 Å². The lowest BCUT2D eigenvalue weighted by molar-refractivity contribution is 0.668. The fraction of sp³-hybridized carbons (Fsp3) is 0. The van der Waals surface area contributed by atoms with E-state index in [4.69, 9.17) is 52.6 Å². The van der Waals surface area contributed by atoms with Crippen molar-refractivity contribution in [3.63, 3.8) is 0 Å². The van der Waals surface area contributed by atoms with Gasteiger partial charge in [-0.15, -0.1) is 56.7 Å². The van der Waals surface area contributed by atoms with Crippen molar-refractivity contribution in [2.45, 2.75) is 0 Å². The van der Waals surface area contributed by atoms with Gasteiger partial charge in [-0.2, -0.15) is 0 Å². The van der Waals surface area contributed by atoms with E-state index < -0.39 is 0 Å². The number of thiophene rings is 5. The summed E-state index contributed by atoms with van der Waals surface area (Å²) in [5.41, 5.74) is 19.2. The molecule has 11 nitrogen and oxygen atoms in total. The fourth-order valence-electron chi connectivity index (χ4n) is 19.4. The average molecular weight is 1820 g/mol. The number of fused-ring (bicyclic) bond motifs is 27. The summed E-state index contributed by atoms with van der Waals surface area (Å²) < 4.78 is 37.5. The minimum Gasteiger partial charge on any atom is -0.456 e. The van der Waals surface area contributed by atoms with Crippen molar-refractivity contribution in [2.24, 2.45) is 0 Å². The van der Waals surface area contributed by atoms with Gasteiger partial charge in [-0.3, -0.25) is 0 Å². The number of para-hydroxylation sites is 4. The summed E-state index contributed by atoms with van der Waals surface area (Å²) in [5, 5.41) is 21.4. The van der Waals surface area contributed by atoms with Crippen molar-refractivity contribution >= 4 is 245 Å². The maximum absolute atomic E-state index is 6.26. The largest absolute Gasteiger partial charge is 0.456 e. The van der Waals surface area contributed by atoms with Crippen molar-refractivity contribution in [3.8, 4) is 102 Å². The summed E-state index contributed by atoms with van der Waals surface area (Å²) in [7, 11) is 0. The van der Waals surface area contributed by atoms with E-state index in [2.05, 4.69) is 315 Å². The molecule has 0 radical (unpaired) electrons. The zero-order valence-electron chi connectivity index (χ0n) is 71.3. The molecule has 16 heteroatoms. The third kappa shape index (κ3) is 13.3. The zero-order valence-corrected chi connectivity index (χ0v) is 75.4. The van der Waals surface area contributed by atoms with Gasteiger partial charge in [-0.25, -0.2) is 34.9 Å². The average Bonchev–Trinajstić information content (AvgIpc) is 1.67. The molecule has 0 aliphatic rings. The molecular formula is C119H65N7O4S5. The molecule has 12 heterocycles. The van der Waals surface area contributed by atoms with E-state index in [1.807, 2.05) is 124 Å². The predicted molar refractivity (Wildman–Crippen MR) is 566 cm³/mol. The topological polar surface area (TPSA) is 143 Å². The number of hydrogen-bond acceptors (Lipinski definition) is 16. The summed E-state index contributed by atoms with van der Waals surface area (Å²) >= 11 is 9.07. The van der Waals surface area contributed by atoms with Crippen LogP contribution in [0.4, 0.5) is 0 Å². The van der Waals surface area contributed by atoms with E-state index in [1.165, 1.54) is 101 Å². The van der Waals surface area contributed by atoms with Gasteiger partial charge in [-0.05, 0) is 170 Å². The van der Waals surface area contributed by atoms with Crippen LogP contribution in [0.5, 0.6) is 0 Å². The first-order valence-corrected chi connectivity index (χ1v) is 48.6. The Balaban J connectivity index is 0.000000101. The normalized spacial score (nSPS) is 12.0. The molecular weight excluding hydrogens is 1750 g/mol. The van der Waals surface area contributed by atoms with Crippen LogP contribution in [0, 0.1) is 0 Å². The highest BCUT2D eigenvalue weighted by Gasteiger charge is 2.23. The molecule has 630 valence electrons. The number of benzene rings is 18. The minimum atomic E-state index is 0.589. The number of hydrogen-bond donors (Lipinski definition) is 0. The monoisotopic (exact) mass is 1820 g/mol. The van der Waals surface area contributed by atoms with Crippen molar-refractivity contribution in [2.75, 3.05) is 0 Å². The van der Waals surface area contributed by atoms with Gasteiger partial charge < -0.3 is 17.7 Å². The van der Waals surface area contributed by atoms with Crippen LogP contribution in [0.25, 0.3) is 291 Å². The van der Waals surface area contributed by atoms with Gasteiger partial charge in [0.05, 0.1) is 22.8 Å². The highest BCUT2D eigenvalue weighted by Crippen LogP contribution is 2.47.